The summed E-state index contributed by atoms with van der Waals surface area (Å²) in [5.41, 5.74) is 0.333. The van der Waals surface area contributed by atoms with Crippen LogP contribution in [0.15, 0.2) is 12.4 Å². The fourth-order valence-corrected chi connectivity index (χ4v) is 2.70. The van der Waals surface area contributed by atoms with Gasteiger partial charge in [0.25, 0.3) is 0 Å². The molecule has 2 aliphatic rings. The molecule has 1 N–H and O–H groups in total. The van der Waals surface area contributed by atoms with Crippen LogP contribution >= 0.6 is 0 Å². The van der Waals surface area contributed by atoms with Crippen LogP contribution in [-0.2, 0) is 4.74 Å². The van der Waals surface area contributed by atoms with Crippen molar-refractivity contribution in [2.75, 3.05) is 31.6 Å². The van der Waals surface area contributed by atoms with Crippen molar-refractivity contribution >= 4 is 5.82 Å². The molecular formula is C13H17N5O. The Kier molecular flexibility index (Phi) is 3.58. The molecular weight excluding hydrogens is 242 g/mol. The molecule has 2 unspecified atom stereocenters. The molecule has 100 valence electrons. The maximum atomic E-state index is 8.65. The third kappa shape index (κ3) is 2.83. The van der Waals surface area contributed by atoms with E-state index in [2.05, 4.69) is 20.2 Å². The Labute approximate surface area is 112 Å². The van der Waals surface area contributed by atoms with Crippen LogP contribution in [0.25, 0.3) is 0 Å². The van der Waals surface area contributed by atoms with E-state index < -0.39 is 0 Å². The van der Waals surface area contributed by atoms with Crippen LogP contribution in [0.5, 0.6) is 0 Å². The average molecular weight is 259 g/mol. The van der Waals surface area contributed by atoms with E-state index in [0.717, 1.165) is 19.7 Å². The number of fused-ring (bicyclic) bond motifs is 1. The van der Waals surface area contributed by atoms with Crippen LogP contribution in [0.1, 0.15) is 18.5 Å². The van der Waals surface area contributed by atoms with E-state index in [9.17, 15) is 0 Å². The molecule has 2 atom stereocenters. The van der Waals surface area contributed by atoms with E-state index >= 15 is 0 Å². The molecule has 19 heavy (non-hydrogen) atoms. The van der Waals surface area contributed by atoms with Gasteiger partial charge in [0, 0.05) is 19.1 Å². The number of hydrogen-bond donors (Lipinski definition) is 1. The number of hydrogen-bond acceptors (Lipinski definition) is 6. The number of nitrogens with one attached hydrogen (secondary N) is 1. The number of rotatable bonds is 3. The fraction of sp³-hybridized carbons (Fsp3) is 0.615. The second-order valence-electron chi connectivity index (χ2n) is 5.03. The zero-order valence-electron chi connectivity index (χ0n) is 10.7. The molecule has 3 rings (SSSR count). The van der Waals surface area contributed by atoms with Crippen LogP contribution in [0.4, 0.5) is 5.82 Å². The van der Waals surface area contributed by atoms with Crippen LogP contribution < -0.4 is 5.32 Å². The molecule has 2 aliphatic heterocycles. The molecule has 1 aromatic rings. The fourth-order valence-electron chi connectivity index (χ4n) is 2.70. The van der Waals surface area contributed by atoms with Crippen molar-refractivity contribution in [3.05, 3.63) is 18.1 Å². The van der Waals surface area contributed by atoms with Crippen molar-refractivity contribution in [3.63, 3.8) is 0 Å². The molecule has 0 aromatic carbocycles. The number of aromatic nitrogens is 2. The van der Waals surface area contributed by atoms with Gasteiger partial charge in [-0.2, -0.15) is 5.26 Å². The second-order valence-corrected chi connectivity index (χ2v) is 5.03. The molecule has 1 aromatic heterocycles. The summed E-state index contributed by atoms with van der Waals surface area (Å²) >= 11 is 0. The van der Waals surface area contributed by atoms with Crippen LogP contribution in [0.2, 0.25) is 0 Å². The largest absolute Gasteiger partial charge is 0.373 e. The molecule has 2 saturated heterocycles. The summed E-state index contributed by atoms with van der Waals surface area (Å²) in [4.78, 5) is 10.6. The van der Waals surface area contributed by atoms with Crippen molar-refractivity contribution in [2.24, 2.45) is 0 Å². The first-order valence-corrected chi connectivity index (χ1v) is 6.67. The first-order valence-electron chi connectivity index (χ1n) is 6.67. The van der Waals surface area contributed by atoms with Crippen molar-refractivity contribution in [1.82, 2.24) is 14.9 Å². The van der Waals surface area contributed by atoms with Crippen molar-refractivity contribution in [1.29, 1.82) is 5.26 Å². The first-order chi connectivity index (χ1) is 9.35. The highest BCUT2D eigenvalue weighted by Gasteiger charge is 2.31. The summed E-state index contributed by atoms with van der Waals surface area (Å²) < 4.78 is 5.85. The number of nitrogens with zero attached hydrogens (tertiary/aromatic N) is 4. The van der Waals surface area contributed by atoms with Crippen LogP contribution in [0.3, 0.4) is 0 Å². The third-order valence-electron chi connectivity index (χ3n) is 3.74. The Balaban J connectivity index is 1.50. The van der Waals surface area contributed by atoms with Gasteiger partial charge in [-0.05, 0) is 19.4 Å². The third-order valence-corrected chi connectivity index (χ3v) is 3.74. The topological polar surface area (TPSA) is 74.1 Å². The molecule has 0 saturated carbocycles. The minimum Gasteiger partial charge on any atom is -0.373 e. The zero-order valence-corrected chi connectivity index (χ0v) is 10.7. The quantitative estimate of drug-likeness (QED) is 0.858. The Morgan fingerprint density at radius 2 is 2.42 bits per heavy atom. The number of anilines is 1. The predicted octanol–water partition coefficient (Wildman–Crippen LogP) is 0.623. The minimum absolute atomic E-state index is 0.201. The highest BCUT2D eigenvalue weighted by molar-refractivity contribution is 5.33. The average Bonchev–Trinajstić information content (AvgIpc) is 2.93. The highest BCUT2D eigenvalue weighted by atomic mass is 16.5. The second kappa shape index (κ2) is 5.51. The van der Waals surface area contributed by atoms with Gasteiger partial charge in [0.05, 0.1) is 25.1 Å². The van der Waals surface area contributed by atoms with E-state index in [1.165, 1.54) is 25.6 Å². The lowest BCUT2D eigenvalue weighted by Crippen LogP contribution is -2.48. The summed E-state index contributed by atoms with van der Waals surface area (Å²) in [7, 11) is 0. The standard InChI is InChI=1S/C13H17N5O/c14-4-10-5-16-13(7-15-10)17-6-12-8-18-3-1-2-11(18)9-19-12/h5,7,11-12H,1-3,6,8-9H2,(H,16,17). The van der Waals surface area contributed by atoms with Crippen molar-refractivity contribution in [3.8, 4) is 6.07 Å². The molecule has 6 nitrogen and oxygen atoms in total. The highest BCUT2D eigenvalue weighted by Crippen LogP contribution is 2.22. The molecule has 0 bridgehead atoms. The van der Waals surface area contributed by atoms with Crippen molar-refractivity contribution in [2.45, 2.75) is 25.0 Å². The lowest BCUT2D eigenvalue weighted by molar-refractivity contribution is -0.0416. The summed E-state index contributed by atoms with van der Waals surface area (Å²) in [5.74, 6) is 0.686. The lowest BCUT2D eigenvalue weighted by atomic mass is 10.2. The summed E-state index contributed by atoms with van der Waals surface area (Å²) in [6.45, 7) is 3.75. The summed E-state index contributed by atoms with van der Waals surface area (Å²) in [6, 6.07) is 2.58. The van der Waals surface area contributed by atoms with E-state index in [4.69, 9.17) is 10.00 Å². The van der Waals surface area contributed by atoms with Gasteiger partial charge in [0.15, 0.2) is 5.69 Å². The Morgan fingerprint density at radius 1 is 1.47 bits per heavy atom. The van der Waals surface area contributed by atoms with E-state index in [1.54, 1.807) is 6.20 Å². The van der Waals surface area contributed by atoms with E-state index in [-0.39, 0.29) is 6.10 Å². The molecule has 2 fully saturated rings. The monoisotopic (exact) mass is 259 g/mol. The van der Waals surface area contributed by atoms with E-state index in [0.29, 0.717) is 17.6 Å². The van der Waals surface area contributed by atoms with Crippen LogP contribution in [-0.4, -0.2) is 53.3 Å². The Hall–Kier alpha value is -1.71. The number of morpholine rings is 1. The number of ether oxygens (including phenoxy) is 1. The van der Waals surface area contributed by atoms with Gasteiger partial charge in [-0.25, -0.2) is 9.97 Å². The SMILES string of the molecule is N#Cc1cnc(NCC2CN3CCCC3CO2)cn1. The van der Waals surface area contributed by atoms with Gasteiger partial charge >= 0.3 is 0 Å². The van der Waals surface area contributed by atoms with Gasteiger partial charge in [0.2, 0.25) is 0 Å². The molecule has 3 heterocycles. The molecule has 0 aliphatic carbocycles. The Morgan fingerprint density at radius 3 is 3.21 bits per heavy atom. The zero-order chi connectivity index (χ0) is 13.1. The van der Waals surface area contributed by atoms with Gasteiger partial charge < -0.3 is 10.1 Å². The molecule has 0 amide bonds. The molecule has 6 heteroatoms. The maximum Gasteiger partial charge on any atom is 0.158 e. The van der Waals surface area contributed by atoms with Gasteiger partial charge in [0.1, 0.15) is 11.9 Å². The predicted molar refractivity (Wildman–Crippen MR) is 69.6 cm³/mol. The van der Waals surface area contributed by atoms with Gasteiger partial charge in [-0.3, -0.25) is 4.90 Å². The van der Waals surface area contributed by atoms with E-state index in [1.807, 2.05) is 6.07 Å². The first kappa shape index (κ1) is 12.3. The van der Waals surface area contributed by atoms with Gasteiger partial charge in [-0.1, -0.05) is 0 Å². The van der Waals surface area contributed by atoms with Crippen LogP contribution in [0, 0.1) is 11.3 Å². The summed E-state index contributed by atoms with van der Waals surface area (Å²) in [6.07, 6.45) is 5.81. The normalized spacial score (nSPS) is 26.7. The van der Waals surface area contributed by atoms with Gasteiger partial charge in [-0.15, -0.1) is 0 Å². The summed E-state index contributed by atoms with van der Waals surface area (Å²) in [5, 5.41) is 11.9. The maximum absolute atomic E-state index is 8.65. The Bertz CT molecular complexity index is 469. The van der Waals surface area contributed by atoms with Crippen molar-refractivity contribution < 1.29 is 4.74 Å². The smallest absolute Gasteiger partial charge is 0.158 e. The minimum atomic E-state index is 0.201. The number of nitriles is 1. The molecule has 0 radical (unpaired) electrons. The lowest BCUT2D eigenvalue weighted by Gasteiger charge is -2.35. The molecule has 0 spiro atoms.